The molecule has 3 aromatic rings. The summed E-state index contributed by atoms with van der Waals surface area (Å²) in [6, 6.07) is 15.3. The molecule has 1 atom stereocenters. The number of ether oxygens (including phenoxy) is 1. The number of halogens is 1. The molecule has 9 heteroatoms. The number of hydrogen-bond donors (Lipinski definition) is 0. The summed E-state index contributed by atoms with van der Waals surface area (Å²) < 4.78 is 5.44. The van der Waals surface area contributed by atoms with Gasteiger partial charge in [0.15, 0.2) is 0 Å². The van der Waals surface area contributed by atoms with Crippen molar-refractivity contribution in [2.45, 2.75) is 19.4 Å². The van der Waals surface area contributed by atoms with E-state index in [1.54, 1.807) is 31.2 Å². The van der Waals surface area contributed by atoms with Gasteiger partial charge in [-0.1, -0.05) is 35.9 Å². The third-order valence-electron chi connectivity index (χ3n) is 6.42. The number of benzene rings is 3. The van der Waals surface area contributed by atoms with Crippen molar-refractivity contribution in [1.82, 2.24) is 9.80 Å². The van der Waals surface area contributed by atoms with Gasteiger partial charge in [0.2, 0.25) is 5.91 Å². The molecule has 1 aliphatic rings. The molecule has 1 fully saturated rings. The zero-order valence-corrected chi connectivity index (χ0v) is 20.3. The standard InChI is InChI=1S/C26H26ClN3O5/c1-28(15-18-14-19(30(33)34)9-11-23(18)27)25(31)17-6-5-13-29(16-17)26(32)22-10-12-24(35-2)21-8-4-3-7-20(21)22/h3-4,7-12,14,17H,5-6,13,15-16H2,1-2H3/t17-/m1/s1. The van der Waals surface area contributed by atoms with Gasteiger partial charge in [-0.25, -0.2) is 0 Å². The van der Waals surface area contributed by atoms with Crippen LogP contribution in [0, 0.1) is 16.0 Å². The molecule has 2 amide bonds. The minimum Gasteiger partial charge on any atom is -0.496 e. The Kier molecular flexibility index (Phi) is 7.21. The predicted octanol–water partition coefficient (Wildman–Crippen LogP) is 4.92. The Hall–Kier alpha value is -3.65. The van der Waals surface area contributed by atoms with Crippen LogP contribution in [-0.4, -0.2) is 53.8 Å². The molecule has 0 aliphatic carbocycles. The van der Waals surface area contributed by atoms with Crippen LogP contribution in [0.4, 0.5) is 5.69 Å². The molecule has 0 radical (unpaired) electrons. The molecule has 0 bridgehead atoms. The van der Waals surface area contributed by atoms with Crippen molar-refractivity contribution in [2.24, 2.45) is 5.92 Å². The number of hydrogen-bond acceptors (Lipinski definition) is 5. The summed E-state index contributed by atoms with van der Waals surface area (Å²) in [7, 11) is 3.25. The maximum absolute atomic E-state index is 13.5. The van der Waals surface area contributed by atoms with Gasteiger partial charge in [-0.2, -0.15) is 0 Å². The highest BCUT2D eigenvalue weighted by molar-refractivity contribution is 6.31. The molecule has 182 valence electrons. The number of nitro groups is 1. The highest BCUT2D eigenvalue weighted by atomic mass is 35.5. The lowest BCUT2D eigenvalue weighted by Gasteiger charge is -2.34. The van der Waals surface area contributed by atoms with Gasteiger partial charge in [0, 0.05) is 54.8 Å². The first kappa shape index (κ1) is 24.5. The second-order valence-electron chi connectivity index (χ2n) is 8.68. The van der Waals surface area contributed by atoms with E-state index in [0.717, 1.165) is 10.8 Å². The van der Waals surface area contributed by atoms with E-state index in [1.165, 1.54) is 23.1 Å². The normalized spacial score (nSPS) is 15.6. The second-order valence-corrected chi connectivity index (χ2v) is 9.09. The second kappa shape index (κ2) is 10.3. The van der Waals surface area contributed by atoms with E-state index in [2.05, 4.69) is 0 Å². The molecule has 0 unspecified atom stereocenters. The fourth-order valence-electron chi connectivity index (χ4n) is 4.61. The molecule has 0 saturated carbocycles. The van der Waals surface area contributed by atoms with Gasteiger partial charge in [0.25, 0.3) is 11.6 Å². The fraction of sp³-hybridized carbons (Fsp3) is 0.308. The molecular formula is C26H26ClN3O5. The molecule has 1 saturated heterocycles. The van der Waals surface area contributed by atoms with Crippen LogP contribution < -0.4 is 4.74 Å². The van der Waals surface area contributed by atoms with Crippen molar-refractivity contribution in [3.05, 3.63) is 80.9 Å². The van der Waals surface area contributed by atoms with Gasteiger partial charge in [0.05, 0.1) is 18.0 Å². The summed E-state index contributed by atoms with van der Waals surface area (Å²) in [5.74, 6) is 0.0976. The fourth-order valence-corrected chi connectivity index (χ4v) is 4.79. The first-order valence-corrected chi connectivity index (χ1v) is 11.7. The number of non-ortho nitro benzene ring substituents is 1. The predicted molar refractivity (Wildman–Crippen MR) is 134 cm³/mol. The molecule has 35 heavy (non-hydrogen) atoms. The van der Waals surface area contributed by atoms with Crippen LogP contribution in [0.1, 0.15) is 28.8 Å². The summed E-state index contributed by atoms with van der Waals surface area (Å²) in [4.78, 5) is 40.6. The van der Waals surface area contributed by atoms with Crippen LogP contribution in [0.5, 0.6) is 5.75 Å². The average Bonchev–Trinajstić information content (AvgIpc) is 2.88. The van der Waals surface area contributed by atoms with Crippen LogP contribution in [0.15, 0.2) is 54.6 Å². The Morgan fingerprint density at radius 1 is 1.17 bits per heavy atom. The van der Waals surface area contributed by atoms with E-state index in [-0.39, 0.29) is 30.0 Å². The number of carbonyl (C=O) groups is 2. The number of rotatable bonds is 6. The quantitative estimate of drug-likeness (QED) is 0.357. The molecule has 1 heterocycles. The lowest BCUT2D eigenvalue weighted by molar-refractivity contribution is -0.384. The van der Waals surface area contributed by atoms with E-state index in [4.69, 9.17) is 16.3 Å². The van der Waals surface area contributed by atoms with Crippen molar-refractivity contribution in [3.8, 4) is 5.75 Å². The molecule has 0 spiro atoms. The summed E-state index contributed by atoms with van der Waals surface area (Å²) >= 11 is 6.21. The number of methoxy groups -OCH3 is 1. The maximum atomic E-state index is 13.5. The first-order valence-electron chi connectivity index (χ1n) is 11.3. The van der Waals surface area contributed by atoms with E-state index in [9.17, 15) is 19.7 Å². The minimum absolute atomic E-state index is 0.0774. The van der Waals surface area contributed by atoms with Crippen LogP contribution in [0.25, 0.3) is 10.8 Å². The van der Waals surface area contributed by atoms with Crippen molar-refractivity contribution < 1.29 is 19.2 Å². The molecule has 1 aliphatic heterocycles. The monoisotopic (exact) mass is 495 g/mol. The van der Waals surface area contributed by atoms with Gasteiger partial charge in [-0.05, 0) is 42.0 Å². The van der Waals surface area contributed by atoms with Crippen molar-refractivity contribution in [2.75, 3.05) is 27.2 Å². The van der Waals surface area contributed by atoms with E-state index in [1.807, 2.05) is 24.3 Å². The lowest BCUT2D eigenvalue weighted by atomic mass is 9.95. The van der Waals surface area contributed by atoms with Crippen LogP contribution in [0.3, 0.4) is 0 Å². The maximum Gasteiger partial charge on any atom is 0.269 e. The van der Waals surface area contributed by atoms with E-state index in [0.29, 0.717) is 47.8 Å². The lowest BCUT2D eigenvalue weighted by Crippen LogP contribution is -2.45. The number of piperidine rings is 1. The van der Waals surface area contributed by atoms with Gasteiger partial charge >= 0.3 is 0 Å². The summed E-state index contributed by atoms with van der Waals surface area (Å²) in [5.41, 5.74) is 1.00. The van der Waals surface area contributed by atoms with Crippen LogP contribution in [0.2, 0.25) is 5.02 Å². The molecule has 8 nitrogen and oxygen atoms in total. The van der Waals surface area contributed by atoms with E-state index >= 15 is 0 Å². The Morgan fingerprint density at radius 2 is 1.91 bits per heavy atom. The third kappa shape index (κ3) is 5.07. The van der Waals surface area contributed by atoms with Crippen LogP contribution in [-0.2, 0) is 11.3 Å². The topological polar surface area (TPSA) is 93.0 Å². The van der Waals surface area contributed by atoms with Gasteiger partial charge in [-0.15, -0.1) is 0 Å². The van der Waals surface area contributed by atoms with Gasteiger partial charge < -0.3 is 14.5 Å². The van der Waals surface area contributed by atoms with Gasteiger partial charge in [-0.3, -0.25) is 19.7 Å². The Bertz CT molecular complexity index is 1300. The Balaban J connectivity index is 1.50. The smallest absolute Gasteiger partial charge is 0.269 e. The highest BCUT2D eigenvalue weighted by Crippen LogP contribution is 2.30. The average molecular weight is 496 g/mol. The number of amides is 2. The largest absolute Gasteiger partial charge is 0.496 e. The summed E-state index contributed by atoms with van der Waals surface area (Å²) in [6.45, 7) is 1.03. The number of nitro benzene ring substituents is 1. The van der Waals surface area contributed by atoms with Crippen molar-refractivity contribution in [3.63, 3.8) is 0 Å². The number of carbonyl (C=O) groups excluding carboxylic acids is 2. The van der Waals surface area contributed by atoms with E-state index < -0.39 is 4.92 Å². The summed E-state index contributed by atoms with van der Waals surface area (Å²) in [6.07, 6.45) is 1.38. The number of likely N-dealkylation sites (tertiary alicyclic amines) is 1. The molecular weight excluding hydrogens is 470 g/mol. The van der Waals surface area contributed by atoms with Crippen molar-refractivity contribution in [1.29, 1.82) is 0 Å². The number of fused-ring (bicyclic) bond motifs is 1. The molecule has 4 rings (SSSR count). The first-order chi connectivity index (χ1) is 16.8. The molecule has 3 aromatic carbocycles. The summed E-state index contributed by atoms with van der Waals surface area (Å²) in [5, 5.41) is 13.1. The molecule has 0 aromatic heterocycles. The Morgan fingerprint density at radius 3 is 2.63 bits per heavy atom. The zero-order chi connectivity index (χ0) is 25.1. The Labute approximate surface area is 208 Å². The highest BCUT2D eigenvalue weighted by Gasteiger charge is 2.31. The SMILES string of the molecule is COc1ccc(C(=O)N2CCC[C@@H](C(=O)N(C)Cc3cc([N+](=O)[O-])ccc3Cl)C2)c2ccccc12. The van der Waals surface area contributed by atoms with Crippen molar-refractivity contribution >= 4 is 39.9 Å². The minimum atomic E-state index is -0.491. The number of nitrogens with zero attached hydrogens (tertiary/aromatic N) is 3. The van der Waals surface area contributed by atoms with Crippen LogP contribution >= 0.6 is 11.6 Å². The molecule has 0 N–H and O–H groups in total. The van der Waals surface area contributed by atoms with Gasteiger partial charge in [0.1, 0.15) is 5.75 Å². The third-order valence-corrected chi connectivity index (χ3v) is 6.78. The zero-order valence-electron chi connectivity index (χ0n) is 19.6.